The molecule has 35 heavy (non-hydrogen) atoms. The van der Waals surface area contributed by atoms with Crippen LogP contribution >= 0.6 is 0 Å². The van der Waals surface area contributed by atoms with Gasteiger partial charge >= 0.3 is 0 Å². The van der Waals surface area contributed by atoms with Crippen molar-refractivity contribution in [2.24, 2.45) is 11.1 Å². The molecule has 5 rings (SSSR count). The third kappa shape index (κ3) is 5.16. The lowest BCUT2D eigenvalue weighted by molar-refractivity contribution is -0.231. The minimum Gasteiger partial charge on any atom is -0.353 e. The zero-order valence-electron chi connectivity index (χ0n) is 19.4. The van der Waals surface area contributed by atoms with Crippen molar-refractivity contribution in [2.75, 3.05) is 31.6 Å². The Hall–Kier alpha value is -3.41. The molecule has 2 fully saturated rings. The van der Waals surface area contributed by atoms with Gasteiger partial charge in [0.15, 0.2) is 5.82 Å². The normalized spacial score (nSPS) is 22.1. The fraction of sp³-hybridized carbons (Fsp3) is 0.417. The van der Waals surface area contributed by atoms with Gasteiger partial charge in [-0.1, -0.05) is 0 Å². The van der Waals surface area contributed by atoms with Crippen LogP contribution in [0.3, 0.4) is 0 Å². The number of anilines is 1. The minimum absolute atomic E-state index is 0.0657. The molecule has 2 aliphatic rings. The number of benzene rings is 1. The van der Waals surface area contributed by atoms with Crippen molar-refractivity contribution < 1.29 is 18.7 Å². The van der Waals surface area contributed by atoms with Crippen LogP contribution in [0.5, 0.6) is 0 Å². The fourth-order valence-corrected chi connectivity index (χ4v) is 3.76. The first-order valence-electron chi connectivity index (χ1n) is 11.6. The second-order valence-electron chi connectivity index (χ2n) is 9.10. The Kier molecular flexibility index (Phi) is 6.46. The van der Waals surface area contributed by atoms with Gasteiger partial charge in [0.2, 0.25) is 18.1 Å². The second kappa shape index (κ2) is 9.68. The highest BCUT2D eigenvalue weighted by molar-refractivity contribution is 5.83. The number of ether oxygens (including phenoxy) is 2. The van der Waals surface area contributed by atoms with E-state index in [0.717, 1.165) is 12.8 Å². The molecule has 0 atom stereocenters. The SMILES string of the molecule is CC1(C(=O)NC2CC2)COC(c2nc(-c3ccc(F)cc3)c(-c3ccnc(NCCN)n3)[nH]2)OC1. The molecular formula is C24H28FN7O3. The summed E-state index contributed by atoms with van der Waals surface area (Å²) in [7, 11) is 0. The number of nitrogens with zero attached hydrogens (tertiary/aromatic N) is 3. The Morgan fingerprint density at radius 2 is 1.94 bits per heavy atom. The Balaban J connectivity index is 1.42. The van der Waals surface area contributed by atoms with E-state index in [1.807, 2.05) is 6.92 Å². The van der Waals surface area contributed by atoms with E-state index in [1.165, 1.54) is 12.1 Å². The van der Waals surface area contributed by atoms with Gasteiger partial charge < -0.3 is 30.8 Å². The van der Waals surface area contributed by atoms with Crippen molar-refractivity contribution in [1.29, 1.82) is 0 Å². The summed E-state index contributed by atoms with van der Waals surface area (Å²) in [6.07, 6.45) is 2.87. The molecule has 0 unspecified atom stereocenters. The van der Waals surface area contributed by atoms with Gasteiger partial charge in [0.1, 0.15) is 5.82 Å². The summed E-state index contributed by atoms with van der Waals surface area (Å²) in [4.78, 5) is 29.4. The van der Waals surface area contributed by atoms with Gasteiger partial charge in [-0.15, -0.1) is 0 Å². The number of imidazole rings is 1. The van der Waals surface area contributed by atoms with Gasteiger partial charge in [-0.2, -0.15) is 0 Å². The topological polar surface area (TPSA) is 140 Å². The number of aromatic nitrogens is 4. The first-order valence-corrected chi connectivity index (χ1v) is 11.6. The van der Waals surface area contributed by atoms with Gasteiger partial charge in [-0.05, 0) is 50.1 Å². The summed E-state index contributed by atoms with van der Waals surface area (Å²) in [6, 6.07) is 8.06. The average Bonchev–Trinajstić information content (AvgIpc) is 3.58. The number of rotatable bonds is 8. The molecule has 1 saturated heterocycles. The lowest BCUT2D eigenvalue weighted by atomic mass is 9.91. The summed E-state index contributed by atoms with van der Waals surface area (Å²) in [5.74, 6) is 0.448. The summed E-state index contributed by atoms with van der Waals surface area (Å²) < 4.78 is 25.5. The summed E-state index contributed by atoms with van der Waals surface area (Å²) >= 11 is 0. The van der Waals surface area contributed by atoms with Crippen molar-refractivity contribution in [3.63, 3.8) is 0 Å². The van der Waals surface area contributed by atoms with Crippen molar-refractivity contribution in [1.82, 2.24) is 25.3 Å². The molecule has 3 aromatic rings. The van der Waals surface area contributed by atoms with E-state index in [0.29, 0.717) is 47.5 Å². The predicted molar refractivity (Wildman–Crippen MR) is 126 cm³/mol. The van der Waals surface area contributed by atoms with Gasteiger partial charge in [0.25, 0.3) is 0 Å². The molecule has 0 bridgehead atoms. The third-order valence-corrected chi connectivity index (χ3v) is 5.97. The maximum atomic E-state index is 13.6. The Labute approximate surface area is 201 Å². The summed E-state index contributed by atoms with van der Waals surface area (Å²) in [5.41, 5.74) is 7.25. The largest absolute Gasteiger partial charge is 0.353 e. The molecule has 5 N–H and O–H groups in total. The molecular weight excluding hydrogens is 453 g/mol. The van der Waals surface area contributed by atoms with E-state index in [1.54, 1.807) is 24.4 Å². The maximum absolute atomic E-state index is 13.6. The number of halogens is 1. The predicted octanol–water partition coefficient (Wildman–Crippen LogP) is 2.37. The highest BCUT2D eigenvalue weighted by Crippen LogP contribution is 2.36. The van der Waals surface area contributed by atoms with Crippen LogP contribution in [0.25, 0.3) is 22.6 Å². The average molecular weight is 482 g/mol. The van der Waals surface area contributed by atoms with Crippen molar-refractivity contribution >= 4 is 11.9 Å². The van der Waals surface area contributed by atoms with Gasteiger partial charge in [-0.3, -0.25) is 4.79 Å². The molecule has 1 aliphatic carbocycles. The molecule has 1 amide bonds. The number of hydrogen-bond donors (Lipinski definition) is 4. The van der Waals surface area contributed by atoms with E-state index < -0.39 is 11.7 Å². The van der Waals surface area contributed by atoms with Crippen LogP contribution in [0.4, 0.5) is 10.3 Å². The number of carbonyl (C=O) groups excluding carboxylic acids is 1. The van der Waals surface area contributed by atoms with Gasteiger partial charge in [-0.25, -0.2) is 19.3 Å². The molecule has 0 radical (unpaired) electrons. The zero-order chi connectivity index (χ0) is 24.4. The number of aromatic amines is 1. The van der Waals surface area contributed by atoms with Crippen LogP contribution < -0.4 is 16.4 Å². The Morgan fingerprint density at radius 1 is 1.20 bits per heavy atom. The number of nitrogens with one attached hydrogen (secondary N) is 3. The smallest absolute Gasteiger partial charge is 0.230 e. The lowest BCUT2D eigenvalue weighted by Crippen LogP contribution is -2.49. The lowest BCUT2D eigenvalue weighted by Gasteiger charge is -2.35. The molecule has 1 saturated carbocycles. The van der Waals surface area contributed by atoms with Crippen LogP contribution in [0.15, 0.2) is 36.5 Å². The van der Waals surface area contributed by atoms with Crippen molar-refractivity contribution in [3.05, 3.63) is 48.2 Å². The molecule has 1 aromatic carbocycles. The quantitative estimate of drug-likeness (QED) is 0.384. The molecule has 2 aromatic heterocycles. The number of H-pyrrole nitrogens is 1. The van der Waals surface area contributed by atoms with Crippen molar-refractivity contribution in [2.45, 2.75) is 32.1 Å². The zero-order valence-corrected chi connectivity index (χ0v) is 19.4. The van der Waals surface area contributed by atoms with Crippen LogP contribution in [-0.4, -0.2) is 58.2 Å². The Bertz CT molecular complexity index is 1190. The number of nitrogens with two attached hydrogens (primary N) is 1. The first kappa shape index (κ1) is 23.3. The van der Waals surface area contributed by atoms with Crippen LogP contribution in [0.1, 0.15) is 31.9 Å². The number of carbonyl (C=O) groups is 1. The van der Waals surface area contributed by atoms with Gasteiger partial charge in [0.05, 0.1) is 35.7 Å². The van der Waals surface area contributed by atoms with E-state index in [4.69, 9.17) is 20.2 Å². The number of amides is 1. The highest BCUT2D eigenvalue weighted by atomic mass is 19.1. The minimum atomic E-state index is -0.790. The highest BCUT2D eigenvalue weighted by Gasteiger charge is 2.42. The summed E-state index contributed by atoms with van der Waals surface area (Å²) in [5, 5.41) is 6.08. The van der Waals surface area contributed by atoms with Crippen molar-refractivity contribution in [3.8, 4) is 22.6 Å². The maximum Gasteiger partial charge on any atom is 0.230 e. The van der Waals surface area contributed by atoms with Crippen LogP contribution in [-0.2, 0) is 14.3 Å². The molecule has 0 spiro atoms. The van der Waals surface area contributed by atoms with Gasteiger partial charge in [0, 0.05) is 30.9 Å². The van der Waals surface area contributed by atoms with E-state index in [2.05, 4.69) is 25.6 Å². The third-order valence-electron chi connectivity index (χ3n) is 5.97. The monoisotopic (exact) mass is 481 g/mol. The molecule has 10 nitrogen and oxygen atoms in total. The van der Waals surface area contributed by atoms with E-state index >= 15 is 0 Å². The number of hydrogen-bond acceptors (Lipinski definition) is 8. The van der Waals surface area contributed by atoms with E-state index in [-0.39, 0.29) is 31.0 Å². The standard InChI is InChI=1S/C24H28FN7O3/c1-24(22(33)29-16-6-7-16)12-34-21(35-13-24)20-31-18(14-2-4-15(25)5-3-14)19(32-20)17-8-10-27-23(30-17)28-11-9-26/h2-5,8,10,16,21H,6-7,9,11-13,26H2,1H3,(H,29,33)(H,31,32)(H,27,28,30). The molecule has 1 aliphatic heterocycles. The molecule has 3 heterocycles. The Morgan fingerprint density at radius 3 is 2.63 bits per heavy atom. The fourth-order valence-electron chi connectivity index (χ4n) is 3.76. The first-order chi connectivity index (χ1) is 16.9. The molecule has 11 heteroatoms. The van der Waals surface area contributed by atoms with E-state index in [9.17, 15) is 9.18 Å². The summed E-state index contributed by atoms with van der Waals surface area (Å²) in [6.45, 7) is 3.18. The van der Waals surface area contributed by atoms with Crippen LogP contribution in [0, 0.1) is 11.2 Å². The molecule has 184 valence electrons. The van der Waals surface area contributed by atoms with Crippen LogP contribution in [0.2, 0.25) is 0 Å². The second-order valence-corrected chi connectivity index (χ2v) is 9.10.